The van der Waals surface area contributed by atoms with Crippen LogP contribution in [0, 0.1) is 0 Å². The Labute approximate surface area is 123 Å². The summed E-state index contributed by atoms with van der Waals surface area (Å²) in [4.78, 5) is 11.0. The third-order valence-corrected chi connectivity index (χ3v) is 3.72. The number of aromatic nitrogens is 1. The van der Waals surface area contributed by atoms with Crippen LogP contribution in [0.25, 0.3) is 17.7 Å². The molecule has 0 amide bonds. The van der Waals surface area contributed by atoms with E-state index in [1.807, 2.05) is 47.4 Å². The highest BCUT2D eigenvalue weighted by atomic mass is 32.1. The normalized spacial score (nSPS) is 11.5. The molecular formula is C17H17NOS. The van der Waals surface area contributed by atoms with Gasteiger partial charge >= 0.3 is 0 Å². The molecule has 0 radical (unpaired) electrons. The number of thiophene rings is 1. The lowest BCUT2D eigenvalue weighted by atomic mass is 10.1. The fourth-order valence-electron chi connectivity index (χ4n) is 1.81. The Morgan fingerprint density at radius 2 is 1.85 bits per heavy atom. The first-order chi connectivity index (χ1) is 9.58. The van der Waals surface area contributed by atoms with E-state index in [-0.39, 0.29) is 5.78 Å². The largest absolute Gasteiger partial charge is 0.345 e. The monoisotopic (exact) mass is 283 g/mol. The number of carbonyl (C=O) groups excluding carboxylic acids is 1. The predicted molar refractivity (Wildman–Crippen MR) is 87.5 cm³/mol. The molecule has 2 heterocycles. The fourth-order valence-corrected chi connectivity index (χ4v) is 2.49. The van der Waals surface area contributed by atoms with Gasteiger partial charge in [-0.1, -0.05) is 12.7 Å². The summed E-state index contributed by atoms with van der Waals surface area (Å²) in [6, 6.07) is 6.08. The maximum absolute atomic E-state index is 11.0. The quantitative estimate of drug-likeness (QED) is 0.588. The van der Waals surface area contributed by atoms with Crippen LogP contribution in [0.5, 0.6) is 0 Å². The number of carbonyl (C=O) groups is 1. The standard InChI is InChI=1S/C17H17NOS/c1-13(15-10-11-20-12-15)4-6-16-8-9-17(18(16)3)7-5-14(2)19/h4-12H,1H2,2-3H3/b6-4+,7-5+. The first-order valence-electron chi connectivity index (χ1n) is 6.32. The first-order valence-corrected chi connectivity index (χ1v) is 7.26. The van der Waals surface area contributed by atoms with Gasteiger partial charge in [0.05, 0.1) is 0 Å². The van der Waals surface area contributed by atoms with Gasteiger partial charge in [-0.2, -0.15) is 11.3 Å². The van der Waals surface area contributed by atoms with Crippen molar-refractivity contribution in [2.24, 2.45) is 7.05 Å². The molecule has 0 fully saturated rings. The Hall–Kier alpha value is -2.13. The van der Waals surface area contributed by atoms with Crippen molar-refractivity contribution in [2.75, 3.05) is 0 Å². The molecule has 0 aliphatic heterocycles. The number of ketones is 1. The molecule has 0 N–H and O–H groups in total. The Bertz CT molecular complexity index is 672. The van der Waals surface area contributed by atoms with Crippen molar-refractivity contribution in [3.8, 4) is 0 Å². The lowest BCUT2D eigenvalue weighted by Crippen LogP contribution is -1.93. The summed E-state index contributed by atoms with van der Waals surface area (Å²) in [6.07, 6.45) is 7.45. The highest BCUT2D eigenvalue weighted by Crippen LogP contribution is 2.19. The molecule has 2 nitrogen and oxygen atoms in total. The molecule has 3 heteroatoms. The fraction of sp³-hybridized carbons (Fsp3) is 0.118. The minimum Gasteiger partial charge on any atom is -0.345 e. The van der Waals surface area contributed by atoms with Crippen LogP contribution >= 0.6 is 11.3 Å². The molecule has 2 aromatic heterocycles. The van der Waals surface area contributed by atoms with E-state index in [4.69, 9.17) is 0 Å². The van der Waals surface area contributed by atoms with Crippen molar-refractivity contribution in [3.05, 3.63) is 64.6 Å². The Balaban J connectivity index is 2.14. The third-order valence-electron chi connectivity index (χ3n) is 3.04. The lowest BCUT2D eigenvalue weighted by Gasteiger charge is -2.01. The Morgan fingerprint density at radius 1 is 1.20 bits per heavy atom. The third kappa shape index (κ3) is 3.45. The second-order valence-electron chi connectivity index (χ2n) is 4.56. The Kier molecular flexibility index (Phi) is 4.53. The van der Waals surface area contributed by atoms with E-state index in [0.717, 1.165) is 22.5 Å². The van der Waals surface area contributed by atoms with E-state index in [9.17, 15) is 4.79 Å². The number of hydrogen-bond donors (Lipinski definition) is 0. The van der Waals surface area contributed by atoms with Crippen molar-refractivity contribution >= 4 is 34.8 Å². The van der Waals surface area contributed by atoms with Crippen LogP contribution in [0.1, 0.15) is 23.9 Å². The van der Waals surface area contributed by atoms with Crippen molar-refractivity contribution in [2.45, 2.75) is 6.92 Å². The average Bonchev–Trinajstić information content (AvgIpc) is 3.04. The smallest absolute Gasteiger partial charge is 0.152 e. The van der Waals surface area contributed by atoms with Crippen LogP contribution in [0.3, 0.4) is 0 Å². The summed E-state index contributed by atoms with van der Waals surface area (Å²) in [5, 5.41) is 4.13. The van der Waals surface area contributed by atoms with Gasteiger partial charge in [-0.25, -0.2) is 0 Å². The summed E-state index contributed by atoms with van der Waals surface area (Å²) >= 11 is 1.67. The molecule has 0 bridgehead atoms. The van der Waals surface area contributed by atoms with Crippen LogP contribution in [0.15, 0.2) is 47.7 Å². The van der Waals surface area contributed by atoms with Crippen LogP contribution in [0.2, 0.25) is 0 Å². The van der Waals surface area contributed by atoms with Crippen molar-refractivity contribution in [1.29, 1.82) is 0 Å². The van der Waals surface area contributed by atoms with Crippen molar-refractivity contribution in [1.82, 2.24) is 4.57 Å². The average molecular weight is 283 g/mol. The summed E-state index contributed by atoms with van der Waals surface area (Å²) in [6.45, 7) is 5.61. The van der Waals surface area contributed by atoms with E-state index >= 15 is 0 Å². The molecule has 0 aliphatic rings. The van der Waals surface area contributed by atoms with E-state index in [2.05, 4.69) is 18.0 Å². The molecule has 0 spiro atoms. The lowest BCUT2D eigenvalue weighted by molar-refractivity contribution is -0.112. The second kappa shape index (κ2) is 6.35. The van der Waals surface area contributed by atoms with Crippen LogP contribution in [-0.2, 0) is 11.8 Å². The zero-order chi connectivity index (χ0) is 14.5. The van der Waals surface area contributed by atoms with E-state index in [1.165, 1.54) is 0 Å². The highest BCUT2D eigenvalue weighted by molar-refractivity contribution is 7.08. The first kappa shape index (κ1) is 14.3. The molecule has 0 atom stereocenters. The van der Waals surface area contributed by atoms with Gasteiger partial charge in [0, 0.05) is 18.4 Å². The zero-order valence-electron chi connectivity index (χ0n) is 11.7. The summed E-state index contributed by atoms with van der Waals surface area (Å²) in [5.41, 5.74) is 4.22. The number of allylic oxidation sites excluding steroid dienone is 3. The van der Waals surface area contributed by atoms with Crippen LogP contribution in [0.4, 0.5) is 0 Å². The molecular weight excluding hydrogens is 266 g/mol. The summed E-state index contributed by atoms with van der Waals surface area (Å²) in [5.74, 6) is 0.0501. The van der Waals surface area contributed by atoms with Gasteiger partial charge in [-0.15, -0.1) is 0 Å². The van der Waals surface area contributed by atoms with E-state index in [0.29, 0.717) is 0 Å². The molecule has 102 valence electrons. The SMILES string of the molecule is C=C(/C=C/c1ccc(/C=C/C(C)=O)n1C)c1ccsc1. The minimum absolute atomic E-state index is 0.0501. The molecule has 2 aromatic rings. The second-order valence-corrected chi connectivity index (χ2v) is 5.34. The molecule has 0 aromatic carbocycles. The molecule has 0 saturated carbocycles. The van der Waals surface area contributed by atoms with Gasteiger partial charge < -0.3 is 4.57 Å². The predicted octanol–water partition coefficient (Wildman–Crippen LogP) is 4.42. The van der Waals surface area contributed by atoms with E-state index < -0.39 is 0 Å². The number of nitrogens with zero attached hydrogens (tertiary/aromatic N) is 1. The number of rotatable bonds is 5. The van der Waals surface area contributed by atoms with Crippen LogP contribution < -0.4 is 0 Å². The summed E-state index contributed by atoms with van der Waals surface area (Å²) < 4.78 is 2.04. The van der Waals surface area contributed by atoms with Gasteiger partial charge in [-0.05, 0) is 65.2 Å². The topological polar surface area (TPSA) is 22.0 Å². The maximum atomic E-state index is 11.0. The maximum Gasteiger partial charge on any atom is 0.152 e. The number of hydrogen-bond acceptors (Lipinski definition) is 2. The molecule has 0 aliphatic carbocycles. The Morgan fingerprint density at radius 3 is 2.40 bits per heavy atom. The van der Waals surface area contributed by atoms with Crippen LogP contribution in [-0.4, -0.2) is 10.4 Å². The van der Waals surface area contributed by atoms with Gasteiger partial charge in [0.15, 0.2) is 5.78 Å². The molecule has 20 heavy (non-hydrogen) atoms. The zero-order valence-corrected chi connectivity index (χ0v) is 12.5. The van der Waals surface area contributed by atoms with Gasteiger partial charge in [0.2, 0.25) is 0 Å². The van der Waals surface area contributed by atoms with Gasteiger partial charge in [0.25, 0.3) is 0 Å². The van der Waals surface area contributed by atoms with E-state index in [1.54, 1.807) is 24.3 Å². The van der Waals surface area contributed by atoms with Crippen molar-refractivity contribution in [3.63, 3.8) is 0 Å². The molecule has 0 saturated heterocycles. The van der Waals surface area contributed by atoms with Gasteiger partial charge in [-0.3, -0.25) is 4.79 Å². The minimum atomic E-state index is 0.0501. The van der Waals surface area contributed by atoms with Crippen molar-refractivity contribution < 1.29 is 4.79 Å². The van der Waals surface area contributed by atoms with Gasteiger partial charge in [0.1, 0.15) is 0 Å². The molecule has 0 unspecified atom stereocenters. The molecule has 2 rings (SSSR count). The highest BCUT2D eigenvalue weighted by Gasteiger charge is 2.00. The summed E-state index contributed by atoms with van der Waals surface area (Å²) in [7, 11) is 1.98.